The van der Waals surface area contributed by atoms with Gasteiger partial charge in [-0.05, 0) is 5.56 Å². The number of nitrogens with two attached hydrogens (primary N) is 1. The van der Waals surface area contributed by atoms with E-state index in [0.717, 1.165) is 5.56 Å². The lowest BCUT2D eigenvalue weighted by molar-refractivity contribution is 1.07. The van der Waals surface area contributed by atoms with E-state index in [1.165, 1.54) is 0 Å². The molecule has 0 heterocycles. The summed E-state index contributed by atoms with van der Waals surface area (Å²) in [5.41, 5.74) is 6.29. The molecular weight excluding hydrogens is 134 g/mol. The Balaban J connectivity index is 3.01. The fourth-order valence-corrected chi connectivity index (χ4v) is 0.812. The predicted molar refractivity (Wildman–Crippen MR) is 38.2 cm³/mol. The van der Waals surface area contributed by atoms with Crippen LogP contribution in [0.25, 0.3) is 0 Å². The highest BCUT2D eigenvalue weighted by Gasteiger charge is 1.92. The largest absolute Gasteiger partial charge is 0.326 e. The van der Waals surface area contributed by atoms with Gasteiger partial charge in [0.25, 0.3) is 0 Å². The molecule has 1 rings (SSSR count). The van der Waals surface area contributed by atoms with Crippen LogP contribution in [0.1, 0.15) is 5.56 Å². The Morgan fingerprint density at radius 2 is 2.44 bits per heavy atom. The average Bonchev–Trinajstić information content (AvgIpc) is 1.89. The Morgan fingerprint density at radius 3 is 2.89 bits per heavy atom. The summed E-state index contributed by atoms with van der Waals surface area (Å²) in [4.78, 5) is 0. The van der Waals surface area contributed by atoms with Crippen LogP contribution < -0.4 is 5.73 Å². The molecule has 0 aliphatic carbocycles. The first-order valence-electron chi connectivity index (χ1n) is 2.69. The van der Waals surface area contributed by atoms with Crippen molar-refractivity contribution in [3.05, 3.63) is 34.9 Å². The van der Waals surface area contributed by atoms with Gasteiger partial charge in [-0.2, -0.15) is 0 Å². The molecule has 1 aromatic rings. The van der Waals surface area contributed by atoms with Crippen LogP contribution in [-0.4, -0.2) is 0 Å². The third kappa shape index (κ3) is 1.44. The van der Waals surface area contributed by atoms with E-state index in [4.69, 9.17) is 17.3 Å². The zero-order valence-electron chi connectivity index (χ0n) is 4.89. The third-order valence-corrected chi connectivity index (χ3v) is 1.46. The van der Waals surface area contributed by atoms with E-state index < -0.39 is 0 Å². The number of benzene rings is 1. The molecule has 0 fully saturated rings. The summed E-state index contributed by atoms with van der Waals surface area (Å²) in [5.74, 6) is 0. The van der Waals surface area contributed by atoms with Gasteiger partial charge in [0.15, 0.2) is 0 Å². The second-order valence-corrected chi connectivity index (χ2v) is 2.09. The summed E-state index contributed by atoms with van der Waals surface area (Å²) in [5, 5.41) is 0.625. The maximum atomic E-state index is 5.69. The SMILES string of the molecule is NCc1ccc[c]c1Cl. The fourth-order valence-electron chi connectivity index (χ4n) is 0.609. The summed E-state index contributed by atoms with van der Waals surface area (Å²) in [6, 6.07) is 8.36. The third-order valence-electron chi connectivity index (χ3n) is 1.11. The van der Waals surface area contributed by atoms with Crippen LogP contribution in [0.5, 0.6) is 0 Å². The Labute approximate surface area is 59.4 Å². The number of hydrogen-bond donors (Lipinski definition) is 1. The molecule has 1 aromatic carbocycles. The molecule has 47 valence electrons. The molecule has 0 unspecified atom stereocenters. The van der Waals surface area contributed by atoms with Gasteiger partial charge in [-0.25, -0.2) is 0 Å². The minimum Gasteiger partial charge on any atom is -0.326 e. The Bertz CT molecular complexity index is 198. The second kappa shape index (κ2) is 2.85. The summed E-state index contributed by atoms with van der Waals surface area (Å²) in [6.45, 7) is 0.482. The van der Waals surface area contributed by atoms with Crippen LogP contribution in [0.4, 0.5) is 0 Å². The highest BCUT2D eigenvalue weighted by molar-refractivity contribution is 6.31. The molecule has 0 amide bonds. The van der Waals surface area contributed by atoms with Gasteiger partial charge in [0.2, 0.25) is 0 Å². The van der Waals surface area contributed by atoms with Crippen molar-refractivity contribution >= 4 is 11.6 Å². The summed E-state index contributed by atoms with van der Waals surface area (Å²) in [7, 11) is 0. The highest BCUT2D eigenvalue weighted by atomic mass is 35.5. The minimum absolute atomic E-state index is 0.482. The topological polar surface area (TPSA) is 26.0 Å². The van der Waals surface area contributed by atoms with E-state index in [0.29, 0.717) is 11.6 Å². The lowest BCUT2D eigenvalue weighted by Gasteiger charge is -1.95. The zero-order chi connectivity index (χ0) is 6.69. The normalized spacial score (nSPS) is 9.56. The molecular formula is C7H7ClN. The monoisotopic (exact) mass is 140 g/mol. The molecule has 1 radical (unpaired) electrons. The van der Waals surface area contributed by atoms with Crippen molar-refractivity contribution in [2.45, 2.75) is 6.54 Å². The molecule has 1 nitrogen and oxygen atoms in total. The van der Waals surface area contributed by atoms with E-state index in [9.17, 15) is 0 Å². The van der Waals surface area contributed by atoms with Gasteiger partial charge in [-0.1, -0.05) is 29.8 Å². The van der Waals surface area contributed by atoms with Crippen LogP contribution in [0.3, 0.4) is 0 Å². The number of halogens is 1. The van der Waals surface area contributed by atoms with Crippen LogP contribution >= 0.6 is 11.6 Å². The maximum Gasteiger partial charge on any atom is 0.0529 e. The minimum atomic E-state index is 0.482. The molecule has 0 aliphatic heterocycles. The van der Waals surface area contributed by atoms with Crippen LogP contribution in [0.15, 0.2) is 18.2 Å². The van der Waals surface area contributed by atoms with E-state index in [2.05, 4.69) is 6.07 Å². The number of rotatable bonds is 1. The standard InChI is InChI=1S/C7H7ClN/c8-7-4-2-1-3-6(7)5-9/h1-3H,5,9H2. The van der Waals surface area contributed by atoms with Gasteiger partial charge >= 0.3 is 0 Å². The van der Waals surface area contributed by atoms with E-state index in [1.807, 2.05) is 12.1 Å². The Hall–Kier alpha value is -0.530. The van der Waals surface area contributed by atoms with Crippen molar-refractivity contribution < 1.29 is 0 Å². The molecule has 0 spiro atoms. The van der Waals surface area contributed by atoms with Crippen molar-refractivity contribution in [3.63, 3.8) is 0 Å². The van der Waals surface area contributed by atoms with Crippen LogP contribution in [-0.2, 0) is 6.54 Å². The molecule has 9 heavy (non-hydrogen) atoms. The second-order valence-electron chi connectivity index (χ2n) is 1.71. The van der Waals surface area contributed by atoms with Crippen molar-refractivity contribution in [3.8, 4) is 0 Å². The molecule has 2 heteroatoms. The Kier molecular flexibility index (Phi) is 2.09. The quantitative estimate of drug-likeness (QED) is 0.630. The molecule has 0 aliphatic rings. The first kappa shape index (κ1) is 6.59. The maximum absolute atomic E-state index is 5.69. The first-order valence-corrected chi connectivity index (χ1v) is 3.07. The van der Waals surface area contributed by atoms with Crippen molar-refractivity contribution in [1.29, 1.82) is 0 Å². The van der Waals surface area contributed by atoms with Gasteiger partial charge in [0.05, 0.1) is 5.02 Å². The van der Waals surface area contributed by atoms with Gasteiger partial charge in [-0.15, -0.1) is 0 Å². The summed E-state index contributed by atoms with van der Waals surface area (Å²) < 4.78 is 0. The van der Waals surface area contributed by atoms with Crippen LogP contribution in [0, 0.1) is 6.07 Å². The molecule has 0 bridgehead atoms. The van der Waals surface area contributed by atoms with Crippen molar-refractivity contribution in [1.82, 2.24) is 0 Å². The zero-order valence-corrected chi connectivity index (χ0v) is 5.65. The van der Waals surface area contributed by atoms with Crippen LogP contribution in [0.2, 0.25) is 5.02 Å². The number of hydrogen-bond acceptors (Lipinski definition) is 1. The van der Waals surface area contributed by atoms with Gasteiger partial charge in [0.1, 0.15) is 0 Å². The van der Waals surface area contributed by atoms with Crippen molar-refractivity contribution in [2.75, 3.05) is 0 Å². The summed E-state index contributed by atoms with van der Waals surface area (Å²) in [6.07, 6.45) is 0. The summed E-state index contributed by atoms with van der Waals surface area (Å²) >= 11 is 5.69. The highest BCUT2D eigenvalue weighted by Crippen LogP contribution is 2.12. The first-order chi connectivity index (χ1) is 4.34. The van der Waals surface area contributed by atoms with Gasteiger partial charge in [-0.3, -0.25) is 0 Å². The van der Waals surface area contributed by atoms with Crippen molar-refractivity contribution in [2.24, 2.45) is 5.73 Å². The molecule has 0 saturated heterocycles. The molecule has 2 N–H and O–H groups in total. The van der Waals surface area contributed by atoms with E-state index >= 15 is 0 Å². The molecule has 0 atom stereocenters. The van der Waals surface area contributed by atoms with E-state index in [-0.39, 0.29) is 0 Å². The predicted octanol–water partition coefficient (Wildman–Crippen LogP) is 1.60. The Morgan fingerprint density at radius 1 is 1.67 bits per heavy atom. The fraction of sp³-hybridized carbons (Fsp3) is 0.143. The smallest absolute Gasteiger partial charge is 0.0529 e. The molecule has 0 aromatic heterocycles. The average molecular weight is 141 g/mol. The molecule has 0 saturated carbocycles. The van der Waals surface area contributed by atoms with Gasteiger partial charge < -0.3 is 5.73 Å². The lowest BCUT2D eigenvalue weighted by atomic mass is 10.2. The van der Waals surface area contributed by atoms with Gasteiger partial charge in [0, 0.05) is 12.6 Å². The van der Waals surface area contributed by atoms with E-state index in [1.54, 1.807) is 6.07 Å². The lowest BCUT2D eigenvalue weighted by Crippen LogP contribution is -1.95.